The quantitative estimate of drug-likeness (QED) is 0.886. The number of nitrogens with two attached hydrogens (primary N) is 1. The highest BCUT2D eigenvalue weighted by Gasteiger charge is 2.28. The Morgan fingerprint density at radius 1 is 1.40 bits per heavy atom. The molecule has 1 aromatic heterocycles. The first-order valence-electron chi connectivity index (χ1n) is 6.70. The zero-order chi connectivity index (χ0) is 13.9. The van der Waals surface area contributed by atoms with Gasteiger partial charge in [0.2, 0.25) is 0 Å². The molecule has 0 radical (unpaired) electrons. The number of nitrogens with zero attached hydrogens (tertiary/aromatic N) is 2. The van der Waals surface area contributed by atoms with E-state index >= 15 is 0 Å². The monoisotopic (exact) mass is 293 g/mol. The van der Waals surface area contributed by atoms with Crippen LogP contribution in [0.15, 0.2) is 22.7 Å². The van der Waals surface area contributed by atoms with Gasteiger partial charge in [0.05, 0.1) is 0 Å². The van der Waals surface area contributed by atoms with Gasteiger partial charge < -0.3 is 15.0 Å². The largest absolute Gasteiger partial charge is 0.483 e. The Hall–Kier alpha value is -1.59. The molecule has 1 aromatic carbocycles. The molecule has 0 bridgehead atoms. The van der Waals surface area contributed by atoms with Crippen molar-refractivity contribution >= 4 is 11.6 Å². The number of hydrogen-bond acceptors (Lipinski definition) is 5. The van der Waals surface area contributed by atoms with Crippen LogP contribution >= 0.6 is 11.6 Å². The molecule has 106 valence electrons. The van der Waals surface area contributed by atoms with Crippen LogP contribution < -0.4 is 10.5 Å². The van der Waals surface area contributed by atoms with Gasteiger partial charge in [-0.25, -0.2) is 0 Å². The Labute approximate surface area is 122 Å². The molecule has 20 heavy (non-hydrogen) atoms. The van der Waals surface area contributed by atoms with Gasteiger partial charge in [-0.15, -0.1) is 0 Å². The van der Waals surface area contributed by atoms with Gasteiger partial charge in [0, 0.05) is 16.5 Å². The molecule has 6 heteroatoms. The third kappa shape index (κ3) is 2.94. The van der Waals surface area contributed by atoms with E-state index < -0.39 is 0 Å². The van der Waals surface area contributed by atoms with Crippen LogP contribution in [0, 0.1) is 0 Å². The van der Waals surface area contributed by atoms with Crippen molar-refractivity contribution in [3.63, 3.8) is 0 Å². The molecule has 2 N–H and O–H groups in total. The molecular weight excluding hydrogens is 278 g/mol. The Bertz CT molecular complexity index is 596. The number of halogens is 1. The molecule has 5 nitrogen and oxygen atoms in total. The third-order valence-corrected chi connectivity index (χ3v) is 3.60. The first kappa shape index (κ1) is 13.4. The lowest BCUT2D eigenvalue weighted by Crippen LogP contribution is -2.06. The van der Waals surface area contributed by atoms with E-state index in [9.17, 15) is 0 Å². The summed E-state index contributed by atoms with van der Waals surface area (Å²) >= 11 is 6.16. The topological polar surface area (TPSA) is 74.2 Å². The van der Waals surface area contributed by atoms with Crippen LogP contribution in [-0.2, 0) is 13.0 Å². The van der Waals surface area contributed by atoms with Crippen molar-refractivity contribution in [1.82, 2.24) is 10.1 Å². The highest BCUT2D eigenvalue weighted by atomic mass is 35.5. The lowest BCUT2D eigenvalue weighted by molar-refractivity contribution is 0.240. The zero-order valence-electron chi connectivity index (χ0n) is 11.0. The fourth-order valence-electron chi connectivity index (χ4n) is 2.03. The van der Waals surface area contributed by atoms with E-state index in [2.05, 4.69) is 10.1 Å². The summed E-state index contributed by atoms with van der Waals surface area (Å²) in [7, 11) is 0. The highest BCUT2D eigenvalue weighted by Crippen LogP contribution is 2.38. The summed E-state index contributed by atoms with van der Waals surface area (Å²) in [5, 5.41) is 4.62. The molecule has 1 heterocycles. The molecule has 1 aliphatic carbocycles. The Morgan fingerprint density at radius 2 is 2.25 bits per heavy atom. The number of aromatic nitrogens is 2. The van der Waals surface area contributed by atoms with Crippen LogP contribution in [0.25, 0.3) is 0 Å². The summed E-state index contributed by atoms with van der Waals surface area (Å²) in [6.45, 7) is 0.768. The van der Waals surface area contributed by atoms with Crippen LogP contribution in [0.2, 0.25) is 5.02 Å². The molecule has 3 rings (SSSR count). The van der Waals surface area contributed by atoms with Crippen LogP contribution in [0.5, 0.6) is 5.75 Å². The summed E-state index contributed by atoms with van der Waals surface area (Å²) in [6, 6.07) is 5.55. The maximum absolute atomic E-state index is 6.16. The predicted molar refractivity (Wildman–Crippen MR) is 74.8 cm³/mol. The van der Waals surface area contributed by atoms with Gasteiger partial charge >= 0.3 is 0 Å². The smallest absolute Gasteiger partial charge is 0.264 e. The van der Waals surface area contributed by atoms with E-state index in [1.165, 1.54) is 0 Å². The average Bonchev–Trinajstić information content (AvgIpc) is 3.19. The van der Waals surface area contributed by atoms with E-state index in [-0.39, 0.29) is 6.61 Å². The number of rotatable bonds is 6. The summed E-state index contributed by atoms with van der Waals surface area (Å²) in [5.41, 5.74) is 6.51. The minimum atomic E-state index is 0.248. The standard InChI is InChI=1S/C14H16ClN3O2/c15-11-2-1-3-12(10(11)6-7-16)19-8-13-17-14(18-20-13)9-4-5-9/h1-3,9H,4-8,16H2. The predicted octanol–water partition coefficient (Wildman–Crippen LogP) is 2.68. The van der Waals surface area contributed by atoms with Gasteiger partial charge in [-0.2, -0.15) is 4.98 Å². The molecule has 1 saturated carbocycles. The van der Waals surface area contributed by atoms with Crippen LogP contribution in [0.4, 0.5) is 0 Å². The molecule has 0 unspecified atom stereocenters. The number of benzene rings is 1. The van der Waals surface area contributed by atoms with Crippen LogP contribution in [0.3, 0.4) is 0 Å². The molecule has 0 atom stereocenters. The molecule has 2 aromatic rings. The van der Waals surface area contributed by atoms with Crippen molar-refractivity contribution in [2.24, 2.45) is 5.73 Å². The normalized spacial score (nSPS) is 14.5. The second-order valence-electron chi connectivity index (χ2n) is 4.86. The minimum Gasteiger partial charge on any atom is -0.483 e. The zero-order valence-corrected chi connectivity index (χ0v) is 11.8. The maximum atomic E-state index is 6.16. The van der Waals surface area contributed by atoms with Gasteiger partial charge in [-0.05, 0) is 37.9 Å². The maximum Gasteiger partial charge on any atom is 0.264 e. The second kappa shape index (κ2) is 5.81. The van der Waals surface area contributed by atoms with E-state index in [4.69, 9.17) is 26.6 Å². The summed E-state index contributed by atoms with van der Waals surface area (Å²) < 4.78 is 10.9. The van der Waals surface area contributed by atoms with Crippen molar-refractivity contribution in [3.8, 4) is 5.75 Å². The molecule has 0 saturated heterocycles. The van der Waals surface area contributed by atoms with Crippen molar-refractivity contribution < 1.29 is 9.26 Å². The lowest BCUT2D eigenvalue weighted by atomic mass is 10.1. The molecule has 0 spiro atoms. The van der Waals surface area contributed by atoms with Crippen LogP contribution in [0.1, 0.15) is 36.0 Å². The van der Waals surface area contributed by atoms with Crippen molar-refractivity contribution in [2.45, 2.75) is 31.8 Å². The first-order chi connectivity index (χ1) is 9.78. The SMILES string of the molecule is NCCc1c(Cl)cccc1OCc1nc(C2CC2)no1. The molecular formula is C14H16ClN3O2. The molecule has 1 aliphatic rings. The van der Waals surface area contributed by atoms with Gasteiger partial charge in [0.1, 0.15) is 5.75 Å². The van der Waals surface area contributed by atoms with Crippen molar-refractivity contribution in [3.05, 3.63) is 40.5 Å². The minimum absolute atomic E-state index is 0.248. The fourth-order valence-corrected chi connectivity index (χ4v) is 2.29. The highest BCUT2D eigenvalue weighted by molar-refractivity contribution is 6.31. The lowest BCUT2D eigenvalue weighted by Gasteiger charge is -2.10. The fraction of sp³-hybridized carbons (Fsp3) is 0.429. The van der Waals surface area contributed by atoms with E-state index in [0.717, 1.165) is 24.2 Å². The van der Waals surface area contributed by atoms with Gasteiger partial charge in [-0.1, -0.05) is 22.8 Å². The first-order valence-corrected chi connectivity index (χ1v) is 7.08. The van der Waals surface area contributed by atoms with E-state index in [0.29, 0.717) is 35.5 Å². The third-order valence-electron chi connectivity index (χ3n) is 3.25. The van der Waals surface area contributed by atoms with Gasteiger partial charge in [-0.3, -0.25) is 0 Å². The van der Waals surface area contributed by atoms with Gasteiger partial charge in [0.15, 0.2) is 12.4 Å². The number of hydrogen-bond donors (Lipinski definition) is 1. The average molecular weight is 294 g/mol. The number of ether oxygens (including phenoxy) is 1. The summed E-state index contributed by atoms with van der Waals surface area (Å²) in [6.07, 6.45) is 2.97. The Balaban J connectivity index is 1.69. The molecule has 1 fully saturated rings. The molecule has 0 aliphatic heterocycles. The van der Waals surface area contributed by atoms with Gasteiger partial charge in [0.25, 0.3) is 5.89 Å². The van der Waals surface area contributed by atoms with Crippen molar-refractivity contribution in [2.75, 3.05) is 6.54 Å². The van der Waals surface area contributed by atoms with Crippen molar-refractivity contribution in [1.29, 1.82) is 0 Å². The van der Waals surface area contributed by atoms with E-state index in [1.807, 2.05) is 18.2 Å². The Morgan fingerprint density at radius 3 is 3.00 bits per heavy atom. The Kier molecular flexibility index (Phi) is 3.89. The second-order valence-corrected chi connectivity index (χ2v) is 5.27. The molecule has 0 amide bonds. The summed E-state index contributed by atoms with van der Waals surface area (Å²) in [4.78, 5) is 4.32. The summed E-state index contributed by atoms with van der Waals surface area (Å²) in [5.74, 6) is 2.48. The van der Waals surface area contributed by atoms with Crippen LogP contribution in [-0.4, -0.2) is 16.7 Å². The van der Waals surface area contributed by atoms with E-state index in [1.54, 1.807) is 0 Å².